The number of amides is 1. The highest BCUT2D eigenvalue weighted by Gasteiger charge is 2.00. The number of rotatable bonds is 8. The number of carboxylic acids is 1. The Kier molecular flexibility index (Phi) is 8.69. The summed E-state index contributed by atoms with van der Waals surface area (Å²) in [5.41, 5.74) is 0. The molecular weight excluding hydrogens is 214 g/mol. The molecule has 15 heavy (non-hydrogen) atoms. The van der Waals surface area contributed by atoms with Gasteiger partial charge in [0.05, 0.1) is 13.0 Å². The maximum absolute atomic E-state index is 11.0. The molecule has 0 fully saturated rings. The van der Waals surface area contributed by atoms with Gasteiger partial charge in [0.2, 0.25) is 5.91 Å². The van der Waals surface area contributed by atoms with Gasteiger partial charge in [-0.1, -0.05) is 5.92 Å². The van der Waals surface area contributed by atoms with Crippen LogP contribution < -0.4 is 5.32 Å². The topological polar surface area (TPSA) is 66.4 Å². The molecule has 0 bridgehead atoms. The second kappa shape index (κ2) is 9.41. The van der Waals surface area contributed by atoms with Crippen LogP contribution in [0.25, 0.3) is 0 Å². The lowest BCUT2D eigenvalue weighted by atomic mass is 10.3. The van der Waals surface area contributed by atoms with Crippen molar-refractivity contribution in [1.82, 2.24) is 5.32 Å². The number of carboxylic acid groups (broad SMARTS) is 1. The number of terminal acetylenes is 1. The van der Waals surface area contributed by atoms with Crippen molar-refractivity contribution >= 4 is 23.6 Å². The molecule has 0 aliphatic rings. The van der Waals surface area contributed by atoms with Crippen molar-refractivity contribution in [3.8, 4) is 12.3 Å². The molecule has 0 heterocycles. The molecule has 2 N–H and O–H groups in total. The van der Waals surface area contributed by atoms with Crippen LogP contribution in [0.2, 0.25) is 0 Å². The van der Waals surface area contributed by atoms with Gasteiger partial charge in [-0.3, -0.25) is 9.59 Å². The van der Waals surface area contributed by atoms with Gasteiger partial charge in [-0.05, 0) is 12.2 Å². The Morgan fingerprint density at radius 1 is 1.33 bits per heavy atom. The number of aliphatic carboxylic acids is 1. The molecule has 84 valence electrons. The van der Waals surface area contributed by atoms with Gasteiger partial charge in [-0.25, -0.2) is 0 Å². The summed E-state index contributed by atoms with van der Waals surface area (Å²) in [5.74, 6) is 2.89. The standard InChI is InChI=1S/C10H15NO3S/c1-2-6-11-9(12)4-3-7-15-8-5-10(13)14/h1H,3-8H2,(H,11,12)(H,13,14). The molecule has 0 saturated heterocycles. The van der Waals surface area contributed by atoms with Gasteiger partial charge in [0.15, 0.2) is 0 Å². The van der Waals surface area contributed by atoms with E-state index in [0.717, 1.165) is 12.2 Å². The second-order valence-corrected chi connectivity index (χ2v) is 4.07. The number of carbonyl (C=O) groups is 2. The highest BCUT2D eigenvalue weighted by atomic mass is 32.2. The Morgan fingerprint density at radius 2 is 2.07 bits per heavy atom. The van der Waals surface area contributed by atoms with E-state index < -0.39 is 5.97 Å². The van der Waals surface area contributed by atoms with E-state index in [2.05, 4.69) is 11.2 Å². The Labute approximate surface area is 93.8 Å². The largest absolute Gasteiger partial charge is 0.481 e. The average Bonchev–Trinajstić information content (AvgIpc) is 2.19. The Balaban J connectivity index is 3.20. The van der Waals surface area contributed by atoms with Crippen molar-refractivity contribution in [2.75, 3.05) is 18.1 Å². The molecule has 0 aromatic heterocycles. The highest BCUT2D eigenvalue weighted by molar-refractivity contribution is 7.99. The molecule has 0 aliphatic heterocycles. The fourth-order valence-corrected chi connectivity index (χ4v) is 1.71. The van der Waals surface area contributed by atoms with Gasteiger partial charge in [0, 0.05) is 12.2 Å². The predicted molar refractivity (Wildman–Crippen MR) is 60.7 cm³/mol. The van der Waals surface area contributed by atoms with Crippen LogP contribution in [0.5, 0.6) is 0 Å². The molecule has 0 spiro atoms. The van der Waals surface area contributed by atoms with E-state index in [-0.39, 0.29) is 18.9 Å². The van der Waals surface area contributed by atoms with Crippen molar-refractivity contribution in [2.24, 2.45) is 0 Å². The van der Waals surface area contributed by atoms with E-state index in [4.69, 9.17) is 11.5 Å². The zero-order chi connectivity index (χ0) is 11.5. The minimum atomic E-state index is -0.783. The van der Waals surface area contributed by atoms with Crippen LogP contribution in [-0.4, -0.2) is 35.0 Å². The minimum Gasteiger partial charge on any atom is -0.481 e. The predicted octanol–water partition coefficient (Wildman–Crippen LogP) is 0.724. The highest BCUT2D eigenvalue weighted by Crippen LogP contribution is 2.06. The monoisotopic (exact) mass is 229 g/mol. The first-order chi connectivity index (χ1) is 7.16. The van der Waals surface area contributed by atoms with Gasteiger partial charge in [-0.2, -0.15) is 11.8 Å². The Bertz CT molecular complexity index is 248. The third-order valence-corrected chi connectivity index (χ3v) is 2.61. The van der Waals surface area contributed by atoms with E-state index in [9.17, 15) is 9.59 Å². The lowest BCUT2D eigenvalue weighted by Crippen LogP contribution is -2.23. The number of nitrogens with one attached hydrogen (secondary N) is 1. The summed E-state index contributed by atoms with van der Waals surface area (Å²) in [6.45, 7) is 0.269. The zero-order valence-electron chi connectivity index (χ0n) is 8.49. The minimum absolute atomic E-state index is 0.0493. The smallest absolute Gasteiger partial charge is 0.304 e. The van der Waals surface area contributed by atoms with E-state index in [0.29, 0.717) is 12.2 Å². The maximum Gasteiger partial charge on any atom is 0.304 e. The van der Waals surface area contributed by atoms with E-state index in [1.54, 1.807) is 11.8 Å². The van der Waals surface area contributed by atoms with E-state index >= 15 is 0 Å². The van der Waals surface area contributed by atoms with E-state index in [1.165, 1.54) is 0 Å². The molecular formula is C10H15NO3S. The molecule has 0 aliphatic carbocycles. The van der Waals surface area contributed by atoms with Crippen LogP contribution in [-0.2, 0) is 9.59 Å². The van der Waals surface area contributed by atoms with Crippen LogP contribution in [0, 0.1) is 12.3 Å². The first kappa shape index (κ1) is 13.8. The quantitative estimate of drug-likeness (QED) is 0.475. The van der Waals surface area contributed by atoms with Gasteiger partial charge >= 0.3 is 5.97 Å². The lowest BCUT2D eigenvalue weighted by molar-refractivity contribution is -0.136. The van der Waals surface area contributed by atoms with Crippen LogP contribution >= 0.6 is 11.8 Å². The van der Waals surface area contributed by atoms with Crippen molar-refractivity contribution in [3.05, 3.63) is 0 Å². The van der Waals surface area contributed by atoms with Crippen molar-refractivity contribution in [2.45, 2.75) is 19.3 Å². The molecule has 0 rings (SSSR count). The number of hydrogen-bond acceptors (Lipinski definition) is 3. The first-order valence-corrected chi connectivity index (χ1v) is 5.82. The van der Waals surface area contributed by atoms with Crippen molar-refractivity contribution in [1.29, 1.82) is 0 Å². The van der Waals surface area contributed by atoms with Gasteiger partial charge < -0.3 is 10.4 Å². The Hall–Kier alpha value is -1.15. The summed E-state index contributed by atoms with van der Waals surface area (Å²) in [4.78, 5) is 21.2. The van der Waals surface area contributed by atoms with Gasteiger partial charge in [0.25, 0.3) is 0 Å². The Morgan fingerprint density at radius 3 is 2.67 bits per heavy atom. The van der Waals surface area contributed by atoms with Crippen LogP contribution in [0.1, 0.15) is 19.3 Å². The summed E-state index contributed by atoms with van der Waals surface area (Å²) >= 11 is 1.55. The lowest BCUT2D eigenvalue weighted by Gasteiger charge is -2.01. The summed E-state index contributed by atoms with van der Waals surface area (Å²) in [6.07, 6.45) is 6.35. The first-order valence-electron chi connectivity index (χ1n) is 4.66. The van der Waals surface area contributed by atoms with Crippen LogP contribution in [0.3, 0.4) is 0 Å². The van der Waals surface area contributed by atoms with Crippen LogP contribution in [0.15, 0.2) is 0 Å². The normalized spacial score (nSPS) is 9.27. The molecule has 0 aromatic rings. The average molecular weight is 229 g/mol. The van der Waals surface area contributed by atoms with Gasteiger partial charge in [0.1, 0.15) is 0 Å². The third-order valence-electron chi connectivity index (χ3n) is 1.54. The third kappa shape index (κ3) is 10.8. The SMILES string of the molecule is C#CCNC(=O)CCCSCCC(=O)O. The molecule has 0 radical (unpaired) electrons. The van der Waals surface area contributed by atoms with Gasteiger partial charge in [-0.15, -0.1) is 6.42 Å². The fourth-order valence-electron chi connectivity index (χ4n) is 0.834. The molecule has 5 heteroatoms. The summed E-state index contributed by atoms with van der Waals surface area (Å²) in [6, 6.07) is 0. The van der Waals surface area contributed by atoms with Crippen molar-refractivity contribution < 1.29 is 14.7 Å². The maximum atomic E-state index is 11.0. The summed E-state index contributed by atoms with van der Waals surface area (Å²) < 4.78 is 0. The molecule has 1 amide bonds. The molecule has 0 saturated carbocycles. The fraction of sp³-hybridized carbons (Fsp3) is 0.600. The summed E-state index contributed by atoms with van der Waals surface area (Å²) in [7, 11) is 0. The zero-order valence-corrected chi connectivity index (χ0v) is 9.31. The van der Waals surface area contributed by atoms with Crippen LogP contribution in [0.4, 0.5) is 0 Å². The second-order valence-electron chi connectivity index (χ2n) is 2.84. The molecule has 4 nitrogen and oxygen atoms in total. The molecule has 0 aromatic carbocycles. The number of hydrogen-bond donors (Lipinski definition) is 2. The number of thioether (sulfide) groups is 1. The van der Waals surface area contributed by atoms with E-state index in [1.807, 2.05) is 0 Å². The van der Waals surface area contributed by atoms with Crippen molar-refractivity contribution in [3.63, 3.8) is 0 Å². The molecule has 0 unspecified atom stereocenters. The number of carbonyl (C=O) groups excluding carboxylic acids is 1. The summed E-state index contributed by atoms with van der Waals surface area (Å²) in [5, 5.41) is 10.9. The molecule has 0 atom stereocenters.